The largest absolute Gasteiger partial charge is 0.496 e. The molecule has 0 unspecified atom stereocenters. The molecule has 7 heteroatoms. The number of carbonyl (C=O) groups is 1. The van der Waals surface area contributed by atoms with Crippen LogP contribution in [0.15, 0.2) is 24.3 Å². The monoisotopic (exact) mass is 326 g/mol. The zero-order valence-corrected chi connectivity index (χ0v) is 13.5. The number of hydrogen-bond acceptors (Lipinski definition) is 6. The Morgan fingerprint density at radius 1 is 1.38 bits per heavy atom. The van der Waals surface area contributed by atoms with E-state index in [2.05, 4.69) is 9.72 Å². The number of halogens is 1. The molecule has 1 aromatic carbocycles. The van der Waals surface area contributed by atoms with E-state index >= 15 is 0 Å². The van der Waals surface area contributed by atoms with Crippen molar-refractivity contribution in [3.63, 3.8) is 0 Å². The summed E-state index contributed by atoms with van der Waals surface area (Å²) in [4.78, 5) is 18.0. The average molecular weight is 327 g/mol. The van der Waals surface area contributed by atoms with Gasteiger partial charge in [0.15, 0.2) is 15.2 Å². The lowest BCUT2D eigenvalue weighted by molar-refractivity contribution is 0.0606. The zero-order valence-electron chi connectivity index (χ0n) is 11.9. The van der Waals surface area contributed by atoms with Gasteiger partial charge in [0.25, 0.3) is 0 Å². The molecule has 112 valence electrons. The Morgan fingerprint density at radius 2 is 2.10 bits per heavy atom. The third-order valence-electron chi connectivity index (χ3n) is 2.87. The van der Waals surface area contributed by atoms with Crippen molar-refractivity contribution in [2.24, 2.45) is 0 Å². The summed E-state index contributed by atoms with van der Waals surface area (Å²) in [6, 6.07) is 7.74. The van der Waals surface area contributed by atoms with Gasteiger partial charge in [0.1, 0.15) is 5.75 Å². The minimum absolute atomic E-state index is 0.161. The number of para-hydroxylation sites is 1. The van der Waals surface area contributed by atoms with Crippen LogP contribution in [0.25, 0.3) is 0 Å². The van der Waals surface area contributed by atoms with Gasteiger partial charge < -0.3 is 14.4 Å². The van der Waals surface area contributed by atoms with Crippen molar-refractivity contribution in [1.82, 2.24) is 4.98 Å². The van der Waals surface area contributed by atoms with E-state index in [4.69, 9.17) is 16.3 Å². The van der Waals surface area contributed by atoms with E-state index in [0.29, 0.717) is 16.6 Å². The fourth-order valence-electron chi connectivity index (χ4n) is 1.83. The molecule has 5 nitrogen and oxygen atoms in total. The highest BCUT2D eigenvalue weighted by atomic mass is 35.5. The first kappa shape index (κ1) is 15.6. The molecule has 0 aliphatic rings. The number of nitrogens with zero attached hydrogens (tertiary/aromatic N) is 2. The highest BCUT2D eigenvalue weighted by Gasteiger charge is 2.19. The molecule has 2 aromatic rings. The summed E-state index contributed by atoms with van der Waals surface area (Å²) < 4.78 is 10.00. The van der Waals surface area contributed by atoms with Crippen molar-refractivity contribution < 1.29 is 14.3 Å². The third kappa shape index (κ3) is 3.46. The summed E-state index contributed by atoms with van der Waals surface area (Å²) in [6.07, 6.45) is 0. The van der Waals surface area contributed by atoms with Crippen molar-refractivity contribution in [3.05, 3.63) is 39.9 Å². The molecule has 0 aliphatic carbocycles. The van der Waals surface area contributed by atoms with Crippen LogP contribution < -0.4 is 9.64 Å². The Labute approximate surface area is 132 Å². The molecule has 0 atom stereocenters. The van der Waals surface area contributed by atoms with E-state index in [0.717, 1.165) is 11.3 Å². The Bertz CT molecular complexity index is 645. The first-order valence-electron chi connectivity index (χ1n) is 6.14. The number of carbonyl (C=O) groups excluding carboxylic acids is 1. The predicted octanol–water partition coefficient (Wildman–Crippen LogP) is 3.23. The molecule has 0 bridgehead atoms. The van der Waals surface area contributed by atoms with Crippen LogP contribution in [0.1, 0.15) is 15.2 Å². The molecule has 0 saturated carbocycles. The Balaban J connectivity index is 2.21. The van der Waals surface area contributed by atoms with Gasteiger partial charge in [-0.1, -0.05) is 41.1 Å². The molecule has 21 heavy (non-hydrogen) atoms. The van der Waals surface area contributed by atoms with Gasteiger partial charge in [-0.2, -0.15) is 0 Å². The van der Waals surface area contributed by atoms with Crippen molar-refractivity contribution in [2.75, 3.05) is 26.2 Å². The summed E-state index contributed by atoms with van der Waals surface area (Å²) in [5.41, 5.74) is 1.02. The number of ether oxygens (including phenoxy) is 2. The van der Waals surface area contributed by atoms with Crippen molar-refractivity contribution in [2.45, 2.75) is 6.54 Å². The maximum Gasteiger partial charge on any atom is 0.351 e. The number of hydrogen-bond donors (Lipinski definition) is 0. The standard InChI is InChI=1S/C14H15ClN2O3S/c1-17(8-9-6-4-5-7-10(9)19-2)14-16-12(15)11(21-14)13(18)20-3/h4-7H,8H2,1-3H3. The van der Waals surface area contributed by atoms with Crippen LogP contribution in [0.2, 0.25) is 5.15 Å². The van der Waals surface area contributed by atoms with Crippen molar-refractivity contribution in [3.8, 4) is 5.75 Å². The maximum absolute atomic E-state index is 11.6. The molecule has 0 saturated heterocycles. The minimum atomic E-state index is -0.477. The zero-order chi connectivity index (χ0) is 15.4. The quantitative estimate of drug-likeness (QED) is 0.790. The Kier molecular flexibility index (Phi) is 5.03. The lowest BCUT2D eigenvalue weighted by Crippen LogP contribution is -2.16. The summed E-state index contributed by atoms with van der Waals surface area (Å²) in [5, 5.41) is 0.806. The topological polar surface area (TPSA) is 51.7 Å². The van der Waals surface area contributed by atoms with Gasteiger partial charge in [-0.25, -0.2) is 9.78 Å². The number of benzene rings is 1. The maximum atomic E-state index is 11.6. The van der Waals surface area contributed by atoms with Crippen molar-refractivity contribution >= 4 is 34.0 Å². The average Bonchev–Trinajstić information content (AvgIpc) is 2.89. The predicted molar refractivity (Wildman–Crippen MR) is 83.6 cm³/mol. The Hall–Kier alpha value is -1.79. The fraction of sp³-hybridized carbons (Fsp3) is 0.286. The number of rotatable bonds is 5. The lowest BCUT2D eigenvalue weighted by atomic mass is 10.2. The van der Waals surface area contributed by atoms with Gasteiger partial charge in [0, 0.05) is 19.2 Å². The normalized spacial score (nSPS) is 10.3. The minimum Gasteiger partial charge on any atom is -0.496 e. The first-order chi connectivity index (χ1) is 10.1. The van der Waals surface area contributed by atoms with Crippen LogP contribution in [0, 0.1) is 0 Å². The second-order valence-corrected chi connectivity index (χ2v) is 5.61. The van der Waals surface area contributed by atoms with Crippen LogP contribution in [0.3, 0.4) is 0 Å². The number of methoxy groups -OCH3 is 2. The van der Waals surface area contributed by atoms with E-state index in [-0.39, 0.29) is 5.15 Å². The van der Waals surface area contributed by atoms with Gasteiger partial charge in [-0.15, -0.1) is 0 Å². The highest BCUT2D eigenvalue weighted by Crippen LogP contribution is 2.31. The SMILES string of the molecule is COC(=O)c1sc(N(C)Cc2ccccc2OC)nc1Cl. The second kappa shape index (κ2) is 6.78. The van der Waals surface area contributed by atoms with Gasteiger partial charge in [-0.05, 0) is 6.07 Å². The van der Waals surface area contributed by atoms with Gasteiger partial charge in [0.2, 0.25) is 0 Å². The molecular formula is C14H15ClN2O3S. The number of anilines is 1. The van der Waals surface area contributed by atoms with Crippen molar-refractivity contribution in [1.29, 1.82) is 0 Å². The molecule has 0 aliphatic heterocycles. The Morgan fingerprint density at radius 3 is 2.76 bits per heavy atom. The molecule has 0 radical (unpaired) electrons. The lowest BCUT2D eigenvalue weighted by Gasteiger charge is -2.17. The molecule has 0 amide bonds. The first-order valence-corrected chi connectivity index (χ1v) is 7.34. The number of esters is 1. The molecule has 0 N–H and O–H groups in total. The number of aromatic nitrogens is 1. The summed E-state index contributed by atoms with van der Waals surface area (Å²) in [6.45, 7) is 0.592. The van der Waals surface area contributed by atoms with Gasteiger partial charge in [-0.3, -0.25) is 0 Å². The van der Waals surface area contributed by atoms with Crippen LogP contribution in [-0.2, 0) is 11.3 Å². The second-order valence-electron chi connectivity index (χ2n) is 4.28. The fourth-order valence-corrected chi connectivity index (χ4v) is 2.99. The van der Waals surface area contributed by atoms with Gasteiger partial charge >= 0.3 is 5.97 Å². The van der Waals surface area contributed by atoms with Gasteiger partial charge in [0.05, 0.1) is 14.2 Å². The van der Waals surface area contributed by atoms with Crippen LogP contribution in [0.4, 0.5) is 5.13 Å². The summed E-state index contributed by atoms with van der Waals surface area (Å²) in [5.74, 6) is 0.328. The van der Waals surface area contributed by atoms with Crippen LogP contribution in [-0.4, -0.2) is 32.2 Å². The molecule has 1 heterocycles. The van der Waals surface area contributed by atoms with E-state index in [1.54, 1.807) is 7.11 Å². The van der Waals surface area contributed by atoms with Crippen LogP contribution in [0.5, 0.6) is 5.75 Å². The molecule has 0 spiro atoms. The molecule has 0 fully saturated rings. The molecular weight excluding hydrogens is 312 g/mol. The van der Waals surface area contributed by atoms with E-state index in [1.165, 1.54) is 18.4 Å². The van der Waals surface area contributed by atoms with Crippen LogP contribution >= 0.6 is 22.9 Å². The number of thiazole rings is 1. The third-order valence-corrected chi connectivity index (χ3v) is 4.41. The van der Waals surface area contributed by atoms with E-state index in [1.807, 2.05) is 36.2 Å². The summed E-state index contributed by atoms with van der Waals surface area (Å²) in [7, 11) is 4.83. The highest BCUT2D eigenvalue weighted by molar-refractivity contribution is 7.18. The van der Waals surface area contributed by atoms with E-state index < -0.39 is 5.97 Å². The smallest absolute Gasteiger partial charge is 0.351 e. The molecule has 2 rings (SSSR count). The summed E-state index contributed by atoms with van der Waals surface area (Å²) >= 11 is 7.17. The molecule has 1 aromatic heterocycles. The van der Waals surface area contributed by atoms with E-state index in [9.17, 15) is 4.79 Å².